The van der Waals surface area contributed by atoms with Crippen molar-refractivity contribution in [2.45, 2.75) is 69.2 Å². The van der Waals surface area contributed by atoms with E-state index in [1.54, 1.807) is 61.9 Å². The van der Waals surface area contributed by atoms with E-state index in [4.69, 9.17) is 4.74 Å². The molecular weight excluding hydrogens is 454 g/mol. The first-order valence-corrected chi connectivity index (χ1v) is 12.5. The zero-order chi connectivity index (χ0) is 29.0. The molecule has 36 heavy (non-hydrogen) atoms. The Morgan fingerprint density at radius 2 is 1.14 bits per heavy atom. The highest BCUT2D eigenvalue weighted by molar-refractivity contribution is 5.28. The Hall–Kier alpha value is -3.35. The van der Waals surface area contributed by atoms with E-state index in [1.165, 1.54) is 10.6 Å². The lowest BCUT2D eigenvalue weighted by Gasteiger charge is -2.04. The van der Waals surface area contributed by atoms with Crippen LogP contribution in [0.5, 0.6) is 5.75 Å². The zero-order valence-electron chi connectivity index (χ0n) is 25.0. The summed E-state index contributed by atoms with van der Waals surface area (Å²) < 4.78 is 9.69. The minimum atomic E-state index is -0.0487. The van der Waals surface area contributed by atoms with Gasteiger partial charge in [0.2, 0.25) is 5.56 Å². The number of hydrogen-bond donors (Lipinski definition) is 0. The molecule has 0 saturated heterocycles. The van der Waals surface area contributed by atoms with Crippen LogP contribution >= 0.6 is 0 Å². The maximum atomic E-state index is 11.0. The number of rotatable bonds is 1. The maximum absolute atomic E-state index is 11.0. The lowest BCUT2D eigenvalue weighted by molar-refractivity contribution is 0.409. The van der Waals surface area contributed by atoms with Crippen molar-refractivity contribution in [2.24, 2.45) is 21.1 Å². The summed E-state index contributed by atoms with van der Waals surface area (Å²) in [7, 11) is 6.79. The Balaban J connectivity index is -0.000000411. The zero-order valence-corrected chi connectivity index (χ0v) is 25.0. The van der Waals surface area contributed by atoms with Gasteiger partial charge in [-0.05, 0) is 44.9 Å². The van der Waals surface area contributed by atoms with Gasteiger partial charge in [-0.2, -0.15) is 0 Å². The third-order valence-corrected chi connectivity index (χ3v) is 4.74. The minimum Gasteiger partial charge on any atom is -0.496 e. The molecule has 0 radical (unpaired) electrons. The van der Waals surface area contributed by atoms with Crippen LogP contribution in [0.2, 0.25) is 0 Å². The van der Waals surface area contributed by atoms with Gasteiger partial charge in [-0.3, -0.25) is 14.4 Å². The fraction of sp³-hybridized carbons (Fsp3) is 0.483. The Labute approximate surface area is 218 Å². The first-order valence-electron chi connectivity index (χ1n) is 12.5. The predicted octanol–water partition coefficient (Wildman–Crippen LogP) is 5.48. The summed E-state index contributed by atoms with van der Waals surface area (Å²) in [5.74, 6) is 0.646. The quantitative estimate of drug-likeness (QED) is 0.441. The Morgan fingerprint density at radius 1 is 0.639 bits per heavy atom. The van der Waals surface area contributed by atoms with Crippen molar-refractivity contribution in [2.75, 3.05) is 7.11 Å². The van der Waals surface area contributed by atoms with E-state index in [-0.39, 0.29) is 16.7 Å². The van der Waals surface area contributed by atoms with Crippen molar-refractivity contribution in [3.05, 3.63) is 96.2 Å². The smallest absolute Gasteiger partial charge is 0.253 e. The first kappa shape index (κ1) is 37.2. The molecule has 3 heterocycles. The Kier molecular flexibility index (Phi) is 21.7. The van der Waals surface area contributed by atoms with Gasteiger partial charge in [0.15, 0.2) is 0 Å². The lowest BCUT2D eigenvalue weighted by atomic mass is 10.2. The van der Waals surface area contributed by atoms with E-state index in [2.05, 4.69) is 0 Å². The minimum absolute atomic E-state index is 0.0487. The van der Waals surface area contributed by atoms with E-state index in [9.17, 15) is 14.4 Å². The van der Waals surface area contributed by atoms with Gasteiger partial charge in [0.05, 0.1) is 7.11 Å². The molecule has 7 heteroatoms. The van der Waals surface area contributed by atoms with E-state index < -0.39 is 0 Å². The molecule has 7 nitrogen and oxygen atoms in total. The van der Waals surface area contributed by atoms with E-state index in [0.717, 1.165) is 22.4 Å². The average Bonchev–Trinajstić information content (AvgIpc) is 2.89. The number of ether oxygens (including phenoxy) is 1. The van der Waals surface area contributed by atoms with E-state index >= 15 is 0 Å². The molecule has 0 spiro atoms. The monoisotopic (exact) mass is 503 g/mol. The van der Waals surface area contributed by atoms with Crippen molar-refractivity contribution < 1.29 is 4.74 Å². The SMILES string of the molecule is CC.CC.CC.COc1cc(=O)n(C)cc1C.Cc1ccc(=O)n(C)c1C.Cc1ccn(C)c(=O)c1. The van der Waals surface area contributed by atoms with Gasteiger partial charge < -0.3 is 18.4 Å². The van der Waals surface area contributed by atoms with Gasteiger partial charge in [-0.1, -0.05) is 47.6 Å². The van der Waals surface area contributed by atoms with Crippen LogP contribution in [0, 0.1) is 27.7 Å². The van der Waals surface area contributed by atoms with Crippen molar-refractivity contribution in [3.63, 3.8) is 0 Å². The van der Waals surface area contributed by atoms with Crippen molar-refractivity contribution in [1.82, 2.24) is 13.7 Å². The molecule has 0 saturated carbocycles. The van der Waals surface area contributed by atoms with Crippen molar-refractivity contribution >= 4 is 0 Å². The lowest BCUT2D eigenvalue weighted by Crippen LogP contribution is -2.17. The number of pyridine rings is 3. The second-order valence-electron chi connectivity index (χ2n) is 7.13. The molecule has 3 aromatic heterocycles. The van der Waals surface area contributed by atoms with Gasteiger partial charge >= 0.3 is 0 Å². The Bertz CT molecular complexity index is 1170. The van der Waals surface area contributed by atoms with Crippen LogP contribution in [-0.2, 0) is 21.1 Å². The summed E-state index contributed by atoms with van der Waals surface area (Å²) in [5.41, 5.74) is 4.23. The topological polar surface area (TPSA) is 75.2 Å². The molecule has 0 aliphatic rings. The molecule has 3 rings (SSSR count). The standard InChI is InChI=1S/C8H11NO2.C8H11NO.C7H9NO.3C2H6/c1-6-5-9(2)8(10)4-7(6)11-3;1-6-4-5-8(10)9(3)7(6)2;1-6-3-4-8(2)7(9)5-6;3*1-2/h4-5H,1-3H3;4-5H,1-3H3;3-5H,1-2H3;3*1-2H3. The molecule has 0 unspecified atom stereocenters. The fourth-order valence-corrected chi connectivity index (χ4v) is 2.47. The van der Waals surface area contributed by atoms with Gasteiger partial charge in [0.1, 0.15) is 5.75 Å². The van der Waals surface area contributed by atoms with Crippen molar-refractivity contribution in [3.8, 4) is 5.75 Å². The highest BCUT2D eigenvalue weighted by Gasteiger charge is 1.99. The highest BCUT2D eigenvalue weighted by Crippen LogP contribution is 2.11. The molecule has 0 bridgehead atoms. The number of aryl methyl sites for hydroxylation is 5. The normalized spacial score (nSPS) is 8.61. The molecule has 204 valence electrons. The number of methoxy groups -OCH3 is 1. The van der Waals surface area contributed by atoms with Gasteiger partial charge in [-0.15, -0.1) is 0 Å². The molecule has 0 fully saturated rings. The highest BCUT2D eigenvalue weighted by atomic mass is 16.5. The molecule has 0 amide bonds. The first-order chi connectivity index (χ1) is 17.0. The summed E-state index contributed by atoms with van der Waals surface area (Å²) in [4.78, 5) is 32.8. The van der Waals surface area contributed by atoms with Crippen LogP contribution in [0.4, 0.5) is 0 Å². The summed E-state index contributed by atoms with van der Waals surface area (Å²) in [6.07, 6.45) is 3.51. The molecular formula is C29H49N3O4. The Morgan fingerprint density at radius 3 is 1.56 bits per heavy atom. The number of nitrogens with zero attached hydrogens (tertiary/aromatic N) is 3. The predicted molar refractivity (Wildman–Crippen MR) is 155 cm³/mol. The molecule has 0 N–H and O–H groups in total. The third-order valence-electron chi connectivity index (χ3n) is 4.74. The van der Waals surface area contributed by atoms with Crippen LogP contribution in [-0.4, -0.2) is 20.8 Å². The number of hydrogen-bond acceptors (Lipinski definition) is 4. The van der Waals surface area contributed by atoms with Gasteiger partial charge in [0, 0.05) is 63.0 Å². The molecule has 0 aliphatic carbocycles. The second kappa shape index (κ2) is 21.0. The van der Waals surface area contributed by atoms with Crippen LogP contribution in [0.15, 0.2) is 57.1 Å². The van der Waals surface area contributed by atoms with Crippen LogP contribution < -0.4 is 21.4 Å². The van der Waals surface area contributed by atoms with Crippen LogP contribution in [0.3, 0.4) is 0 Å². The average molecular weight is 504 g/mol. The van der Waals surface area contributed by atoms with Gasteiger partial charge in [-0.25, -0.2) is 0 Å². The van der Waals surface area contributed by atoms with E-state index in [0.29, 0.717) is 5.75 Å². The summed E-state index contributed by atoms with van der Waals surface area (Å²) in [6, 6.07) is 8.43. The molecule has 0 aliphatic heterocycles. The second-order valence-corrected chi connectivity index (χ2v) is 7.13. The molecule has 0 atom stereocenters. The molecule has 3 aromatic rings. The summed E-state index contributed by atoms with van der Waals surface area (Å²) >= 11 is 0. The van der Waals surface area contributed by atoms with Crippen LogP contribution in [0.25, 0.3) is 0 Å². The summed E-state index contributed by atoms with van der Waals surface area (Å²) in [5, 5.41) is 0. The van der Waals surface area contributed by atoms with Crippen LogP contribution in [0.1, 0.15) is 63.9 Å². The summed E-state index contributed by atoms with van der Waals surface area (Å²) in [6.45, 7) is 19.7. The van der Waals surface area contributed by atoms with Crippen molar-refractivity contribution in [1.29, 1.82) is 0 Å². The third kappa shape index (κ3) is 13.5. The fourth-order valence-electron chi connectivity index (χ4n) is 2.47. The van der Waals surface area contributed by atoms with E-state index in [1.807, 2.05) is 81.4 Å². The number of aromatic nitrogens is 3. The maximum Gasteiger partial charge on any atom is 0.253 e. The largest absolute Gasteiger partial charge is 0.496 e. The van der Waals surface area contributed by atoms with Gasteiger partial charge in [0.25, 0.3) is 11.1 Å². The molecule has 0 aromatic carbocycles.